The molecule has 2 heterocycles. The molecule has 0 radical (unpaired) electrons. The van der Waals surface area contributed by atoms with Crippen molar-refractivity contribution in [2.45, 2.75) is 37.9 Å². The van der Waals surface area contributed by atoms with Crippen LogP contribution >= 0.6 is 0 Å². The van der Waals surface area contributed by atoms with Gasteiger partial charge in [-0.05, 0) is 37.8 Å². The standard InChI is InChI=1S/C19H27NO4S/c1-3-24-12-17-10-11-25(22,23)19(17)13-20(14-19)18(21)9-8-16-7-5-4-6-15(16)2/h4-7,17H,3,8-14H2,1-2H3/t17-/m0/s1. The Kier molecular flexibility index (Phi) is 5.21. The number of likely N-dealkylation sites (tertiary alicyclic amines) is 1. The quantitative estimate of drug-likeness (QED) is 0.773. The molecule has 1 spiro atoms. The maximum Gasteiger partial charge on any atom is 0.223 e. The van der Waals surface area contributed by atoms with Gasteiger partial charge in [0.25, 0.3) is 0 Å². The van der Waals surface area contributed by atoms with Crippen LogP contribution in [0.1, 0.15) is 30.9 Å². The third-order valence-corrected chi connectivity index (χ3v) is 8.36. The van der Waals surface area contributed by atoms with Gasteiger partial charge in [0.05, 0.1) is 12.4 Å². The molecule has 0 saturated carbocycles. The first-order valence-corrected chi connectivity index (χ1v) is 10.7. The number of sulfone groups is 1. The van der Waals surface area contributed by atoms with Crippen molar-refractivity contribution < 1.29 is 17.9 Å². The van der Waals surface area contributed by atoms with Gasteiger partial charge in [0.15, 0.2) is 9.84 Å². The first-order chi connectivity index (χ1) is 11.9. The second kappa shape index (κ2) is 7.08. The van der Waals surface area contributed by atoms with Gasteiger partial charge in [-0.3, -0.25) is 4.79 Å². The maximum atomic E-state index is 12.5. The van der Waals surface area contributed by atoms with Gasteiger partial charge >= 0.3 is 0 Å². The number of hydrogen-bond donors (Lipinski definition) is 0. The zero-order valence-electron chi connectivity index (χ0n) is 15.0. The van der Waals surface area contributed by atoms with Crippen molar-refractivity contribution in [1.82, 2.24) is 4.90 Å². The highest BCUT2D eigenvalue weighted by atomic mass is 32.2. The Balaban J connectivity index is 1.60. The summed E-state index contributed by atoms with van der Waals surface area (Å²) < 4.78 is 29.8. The van der Waals surface area contributed by atoms with E-state index in [4.69, 9.17) is 4.74 Å². The summed E-state index contributed by atoms with van der Waals surface area (Å²) in [7, 11) is -3.14. The largest absolute Gasteiger partial charge is 0.381 e. The zero-order valence-corrected chi connectivity index (χ0v) is 15.8. The normalized spacial score (nSPS) is 23.6. The molecule has 1 aromatic rings. The molecule has 2 fully saturated rings. The molecule has 0 N–H and O–H groups in total. The lowest BCUT2D eigenvalue weighted by atomic mass is 9.83. The average molecular weight is 365 g/mol. The van der Waals surface area contributed by atoms with Crippen molar-refractivity contribution in [3.8, 4) is 0 Å². The average Bonchev–Trinajstić information content (AvgIpc) is 2.81. The van der Waals surface area contributed by atoms with Crippen molar-refractivity contribution in [2.75, 3.05) is 32.1 Å². The van der Waals surface area contributed by atoms with Gasteiger partial charge in [0.1, 0.15) is 4.75 Å². The van der Waals surface area contributed by atoms with E-state index in [-0.39, 0.29) is 17.6 Å². The molecule has 0 unspecified atom stereocenters. The summed E-state index contributed by atoms with van der Waals surface area (Å²) in [6, 6.07) is 8.06. The topological polar surface area (TPSA) is 63.7 Å². The van der Waals surface area contributed by atoms with E-state index in [9.17, 15) is 13.2 Å². The summed E-state index contributed by atoms with van der Waals surface area (Å²) in [6.45, 7) is 5.69. The van der Waals surface area contributed by atoms with Crippen molar-refractivity contribution in [2.24, 2.45) is 5.92 Å². The number of nitrogens with zero attached hydrogens (tertiary/aromatic N) is 1. The molecule has 2 aliphatic rings. The molecule has 0 aromatic heterocycles. The molecule has 0 bridgehead atoms. The molecule has 6 heteroatoms. The molecule has 2 aliphatic heterocycles. The summed E-state index contributed by atoms with van der Waals surface area (Å²) in [5.74, 6) is 0.278. The van der Waals surface area contributed by atoms with E-state index in [1.165, 1.54) is 11.1 Å². The monoisotopic (exact) mass is 365 g/mol. The smallest absolute Gasteiger partial charge is 0.223 e. The maximum absolute atomic E-state index is 12.5. The Hall–Kier alpha value is -1.40. The number of hydrogen-bond acceptors (Lipinski definition) is 4. The predicted molar refractivity (Wildman–Crippen MR) is 97.2 cm³/mol. The Morgan fingerprint density at radius 3 is 2.72 bits per heavy atom. The fraction of sp³-hybridized carbons (Fsp3) is 0.632. The van der Waals surface area contributed by atoms with Crippen LogP contribution < -0.4 is 0 Å². The zero-order chi connectivity index (χ0) is 18.1. The lowest BCUT2D eigenvalue weighted by molar-refractivity contribution is -0.137. The fourth-order valence-corrected chi connectivity index (χ4v) is 6.43. The van der Waals surface area contributed by atoms with Crippen LogP contribution in [0.25, 0.3) is 0 Å². The van der Waals surface area contributed by atoms with Gasteiger partial charge in [-0.25, -0.2) is 8.42 Å². The minimum Gasteiger partial charge on any atom is -0.381 e. The molecular weight excluding hydrogens is 338 g/mol. The first kappa shape index (κ1) is 18.4. The van der Waals surface area contributed by atoms with Crippen LogP contribution in [0, 0.1) is 12.8 Å². The second-order valence-electron chi connectivity index (χ2n) is 7.20. The van der Waals surface area contributed by atoms with Crippen LogP contribution in [-0.2, 0) is 25.8 Å². The lowest BCUT2D eigenvalue weighted by Gasteiger charge is -2.50. The van der Waals surface area contributed by atoms with E-state index >= 15 is 0 Å². The van der Waals surface area contributed by atoms with Crippen molar-refractivity contribution >= 4 is 15.7 Å². The highest BCUT2D eigenvalue weighted by molar-refractivity contribution is 7.93. The third-order valence-electron chi connectivity index (χ3n) is 5.76. The number of carbonyl (C=O) groups excluding carboxylic acids is 1. The molecule has 1 aromatic carbocycles. The highest BCUT2D eigenvalue weighted by Crippen LogP contribution is 2.45. The Bertz CT molecular complexity index is 738. The summed E-state index contributed by atoms with van der Waals surface area (Å²) in [5.41, 5.74) is 2.36. The van der Waals surface area contributed by atoms with Gasteiger partial charge in [-0.2, -0.15) is 0 Å². The van der Waals surface area contributed by atoms with Gasteiger partial charge < -0.3 is 9.64 Å². The van der Waals surface area contributed by atoms with Crippen molar-refractivity contribution in [3.63, 3.8) is 0 Å². The second-order valence-corrected chi connectivity index (χ2v) is 9.66. The molecule has 138 valence electrons. The Morgan fingerprint density at radius 1 is 1.32 bits per heavy atom. The first-order valence-electron chi connectivity index (χ1n) is 9.02. The minimum absolute atomic E-state index is 0.0119. The van der Waals surface area contributed by atoms with Gasteiger partial charge in [0, 0.05) is 32.0 Å². The molecule has 3 rings (SSSR count). The van der Waals surface area contributed by atoms with E-state index in [1.807, 2.05) is 38.1 Å². The van der Waals surface area contributed by atoms with E-state index < -0.39 is 14.6 Å². The van der Waals surface area contributed by atoms with Crippen LogP contribution in [0.4, 0.5) is 0 Å². The van der Waals surface area contributed by atoms with E-state index in [0.29, 0.717) is 45.6 Å². The molecule has 25 heavy (non-hydrogen) atoms. The third kappa shape index (κ3) is 3.34. The summed E-state index contributed by atoms with van der Waals surface area (Å²) >= 11 is 0. The molecule has 0 aliphatic carbocycles. The lowest BCUT2D eigenvalue weighted by Crippen LogP contribution is -2.68. The van der Waals surface area contributed by atoms with Crippen molar-refractivity contribution in [3.05, 3.63) is 35.4 Å². The van der Waals surface area contributed by atoms with Crippen LogP contribution in [0.15, 0.2) is 24.3 Å². The van der Waals surface area contributed by atoms with Crippen LogP contribution in [-0.4, -0.2) is 56.0 Å². The summed E-state index contributed by atoms with van der Waals surface area (Å²) in [4.78, 5) is 14.2. The van der Waals surface area contributed by atoms with Gasteiger partial charge in [-0.15, -0.1) is 0 Å². The fourth-order valence-electron chi connectivity index (χ4n) is 4.03. The van der Waals surface area contributed by atoms with Crippen LogP contribution in [0.3, 0.4) is 0 Å². The molecule has 1 atom stereocenters. The highest BCUT2D eigenvalue weighted by Gasteiger charge is 2.62. The van der Waals surface area contributed by atoms with Crippen LogP contribution in [0.5, 0.6) is 0 Å². The van der Waals surface area contributed by atoms with Crippen molar-refractivity contribution in [1.29, 1.82) is 0 Å². The number of rotatable bonds is 6. The SMILES string of the molecule is CCOC[C@@H]1CCS(=O)(=O)C12CN(C(=O)CCc1ccccc1C)C2. The summed E-state index contributed by atoms with van der Waals surface area (Å²) in [5, 5.41) is 0. The molecular formula is C19H27NO4S. The number of aryl methyl sites for hydroxylation is 2. The molecule has 5 nitrogen and oxygen atoms in total. The number of ether oxygens (including phenoxy) is 1. The predicted octanol–water partition coefficient (Wildman–Crippen LogP) is 1.98. The number of carbonyl (C=O) groups is 1. The van der Waals surface area contributed by atoms with E-state index in [0.717, 1.165) is 0 Å². The van der Waals surface area contributed by atoms with E-state index in [2.05, 4.69) is 0 Å². The van der Waals surface area contributed by atoms with E-state index in [1.54, 1.807) is 4.90 Å². The minimum atomic E-state index is -3.14. The van der Waals surface area contributed by atoms with Crippen LogP contribution in [0.2, 0.25) is 0 Å². The van der Waals surface area contributed by atoms with Gasteiger partial charge in [0.2, 0.25) is 5.91 Å². The molecule has 2 saturated heterocycles. The Morgan fingerprint density at radius 2 is 2.04 bits per heavy atom. The summed E-state index contributed by atoms with van der Waals surface area (Å²) in [6.07, 6.45) is 1.77. The molecule has 1 amide bonds. The number of amides is 1. The number of benzene rings is 1. The Labute approximate surface area is 150 Å². The van der Waals surface area contributed by atoms with Gasteiger partial charge in [-0.1, -0.05) is 24.3 Å².